The minimum absolute atomic E-state index is 0.0257. The van der Waals surface area contributed by atoms with Gasteiger partial charge in [0.25, 0.3) is 0 Å². The molecule has 6 heteroatoms. The van der Waals surface area contributed by atoms with Gasteiger partial charge >= 0.3 is 0 Å². The molecule has 1 aliphatic rings. The quantitative estimate of drug-likeness (QED) is 0.723. The van der Waals surface area contributed by atoms with Crippen molar-refractivity contribution in [3.05, 3.63) is 0 Å². The van der Waals surface area contributed by atoms with E-state index in [0.717, 1.165) is 39.1 Å². The van der Waals surface area contributed by atoms with Gasteiger partial charge in [-0.15, -0.1) is 0 Å². The van der Waals surface area contributed by atoms with E-state index in [9.17, 15) is 9.59 Å². The average molecular weight is 284 g/mol. The van der Waals surface area contributed by atoms with Crippen molar-refractivity contribution in [2.75, 3.05) is 45.8 Å². The van der Waals surface area contributed by atoms with E-state index in [0.29, 0.717) is 5.41 Å². The number of nitrogens with two attached hydrogens (primary N) is 1. The lowest BCUT2D eigenvalue weighted by Gasteiger charge is -2.36. The van der Waals surface area contributed by atoms with Crippen LogP contribution in [0.2, 0.25) is 0 Å². The van der Waals surface area contributed by atoms with Crippen LogP contribution in [0.4, 0.5) is 0 Å². The van der Waals surface area contributed by atoms with Crippen molar-refractivity contribution in [2.45, 2.75) is 27.2 Å². The minimum Gasteiger partial charge on any atom is -0.346 e. The Kier molecular flexibility index (Phi) is 6.42. The van der Waals surface area contributed by atoms with E-state index in [1.807, 2.05) is 4.90 Å². The molecule has 0 radical (unpaired) electrons. The maximum Gasteiger partial charge on any atom is 0.242 e. The lowest BCUT2D eigenvalue weighted by atomic mass is 9.92. The average Bonchev–Trinajstić information content (AvgIpc) is 2.41. The van der Waals surface area contributed by atoms with Crippen LogP contribution < -0.4 is 11.1 Å². The van der Waals surface area contributed by atoms with Crippen molar-refractivity contribution in [1.29, 1.82) is 0 Å². The van der Waals surface area contributed by atoms with Crippen LogP contribution in [0.3, 0.4) is 0 Å². The predicted octanol–water partition coefficient (Wildman–Crippen LogP) is -0.358. The highest BCUT2D eigenvalue weighted by Crippen LogP contribution is 2.19. The topological polar surface area (TPSA) is 78.7 Å². The molecule has 116 valence electrons. The summed E-state index contributed by atoms with van der Waals surface area (Å²) in [6, 6.07) is 0. The minimum atomic E-state index is -0.290. The zero-order valence-electron chi connectivity index (χ0n) is 12.9. The lowest BCUT2D eigenvalue weighted by Crippen LogP contribution is -2.51. The predicted molar refractivity (Wildman–Crippen MR) is 79.2 cm³/mol. The first-order valence-electron chi connectivity index (χ1n) is 7.29. The Morgan fingerprint density at radius 2 is 1.75 bits per heavy atom. The summed E-state index contributed by atoms with van der Waals surface area (Å²) in [4.78, 5) is 27.1. The van der Waals surface area contributed by atoms with Gasteiger partial charge in [-0.1, -0.05) is 20.8 Å². The highest BCUT2D eigenvalue weighted by molar-refractivity contribution is 5.85. The monoisotopic (exact) mass is 284 g/mol. The molecule has 1 aliphatic heterocycles. The number of nitrogens with zero attached hydrogens (tertiary/aromatic N) is 2. The molecule has 0 saturated carbocycles. The molecule has 0 spiro atoms. The summed E-state index contributed by atoms with van der Waals surface area (Å²) in [5.74, 6) is -0.315. The molecular formula is C14H28N4O2. The molecule has 0 unspecified atom stereocenters. The summed E-state index contributed by atoms with van der Waals surface area (Å²) < 4.78 is 0. The van der Waals surface area contributed by atoms with Gasteiger partial charge < -0.3 is 16.0 Å². The van der Waals surface area contributed by atoms with Gasteiger partial charge in [0.05, 0.1) is 13.1 Å². The van der Waals surface area contributed by atoms with Crippen molar-refractivity contribution in [1.82, 2.24) is 15.1 Å². The van der Waals surface area contributed by atoms with Crippen molar-refractivity contribution >= 4 is 11.8 Å². The lowest BCUT2D eigenvalue weighted by molar-refractivity contribution is -0.134. The standard InChI is InChI=1S/C14H28N4O2/c1-14(2,3)4-5-17-6-8-18(9-7-17)13(20)11-16-12(19)10-15/h4-11,15H2,1-3H3,(H,16,19). The van der Waals surface area contributed by atoms with E-state index < -0.39 is 0 Å². The summed E-state index contributed by atoms with van der Waals surface area (Å²) >= 11 is 0. The number of hydrogen-bond acceptors (Lipinski definition) is 4. The third-order valence-corrected chi connectivity index (χ3v) is 3.53. The molecule has 0 bridgehead atoms. The van der Waals surface area contributed by atoms with Crippen molar-refractivity contribution in [3.8, 4) is 0 Å². The van der Waals surface area contributed by atoms with E-state index in [-0.39, 0.29) is 24.9 Å². The molecule has 20 heavy (non-hydrogen) atoms. The fourth-order valence-corrected chi connectivity index (χ4v) is 2.07. The Morgan fingerprint density at radius 1 is 1.15 bits per heavy atom. The SMILES string of the molecule is CC(C)(C)CCN1CCN(C(=O)CNC(=O)CN)CC1. The number of carbonyl (C=O) groups is 2. The summed E-state index contributed by atoms with van der Waals surface area (Å²) in [6.07, 6.45) is 1.16. The zero-order valence-corrected chi connectivity index (χ0v) is 12.9. The second kappa shape index (κ2) is 7.59. The van der Waals surface area contributed by atoms with E-state index >= 15 is 0 Å². The first kappa shape index (κ1) is 16.9. The van der Waals surface area contributed by atoms with Crippen LogP contribution in [0.15, 0.2) is 0 Å². The van der Waals surface area contributed by atoms with E-state index in [2.05, 4.69) is 31.0 Å². The second-order valence-electron chi connectivity index (χ2n) is 6.51. The molecule has 1 rings (SSSR count). The summed E-state index contributed by atoms with van der Waals surface area (Å²) in [6.45, 7) is 11.1. The van der Waals surface area contributed by atoms with E-state index in [1.165, 1.54) is 0 Å². The van der Waals surface area contributed by atoms with Crippen LogP contribution in [0.1, 0.15) is 27.2 Å². The third kappa shape index (κ3) is 6.34. The fourth-order valence-electron chi connectivity index (χ4n) is 2.07. The van der Waals surface area contributed by atoms with Gasteiger partial charge in [0.2, 0.25) is 11.8 Å². The van der Waals surface area contributed by atoms with Gasteiger partial charge in [-0.05, 0) is 18.4 Å². The van der Waals surface area contributed by atoms with Crippen LogP contribution in [-0.2, 0) is 9.59 Å². The first-order valence-corrected chi connectivity index (χ1v) is 7.29. The summed E-state index contributed by atoms with van der Waals surface area (Å²) in [5.41, 5.74) is 5.53. The Balaban J connectivity index is 2.24. The van der Waals surface area contributed by atoms with Gasteiger partial charge in [-0.2, -0.15) is 0 Å². The molecule has 0 aromatic heterocycles. The first-order chi connectivity index (χ1) is 9.31. The molecule has 0 aromatic rings. The Hall–Kier alpha value is -1.14. The fraction of sp³-hybridized carbons (Fsp3) is 0.857. The maximum atomic E-state index is 11.9. The molecule has 1 saturated heterocycles. The number of rotatable bonds is 5. The van der Waals surface area contributed by atoms with Gasteiger partial charge in [-0.3, -0.25) is 14.5 Å². The van der Waals surface area contributed by atoms with Crippen molar-refractivity contribution in [2.24, 2.45) is 11.1 Å². The molecule has 0 atom stereocenters. The van der Waals surface area contributed by atoms with Crippen LogP contribution in [0.25, 0.3) is 0 Å². The third-order valence-electron chi connectivity index (χ3n) is 3.53. The smallest absolute Gasteiger partial charge is 0.242 e. The molecule has 6 nitrogen and oxygen atoms in total. The molecule has 2 amide bonds. The van der Waals surface area contributed by atoms with E-state index in [1.54, 1.807) is 0 Å². The Labute approximate surface area is 121 Å². The number of hydrogen-bond donors (Lipinski definition) is 2. The molecule has 0 aromatic carbocycles. The van der Waals surface area contributed by atoms with Gasteiger partial charge in [0, 0.05) is 26.2 Å². The second-order valence-corrected chi connectivity index (χ2v) is 6.51. The summed E-state index contributed by atoms with van der Waals surface area (Å²) in [7, 11) is 0. The van der Waals surface area contributed by atoms with Crippen LogP contribution in [0.5, 0.6) is 0 Å². The number of amides is 2. The molecule has 0 aliphatic carbocycles. The number of nitrogens with one attached hydrogen (secondary N) is 1. The highest BCUT2D eigenvalue weighted by Gasteiger charge is 2.22. The Bertz CT molecular complexity index is 331. The van der Waals surface area contributed by atoms with Crippen LogP contribution in [0, 0.1) is 5.41 Å². The van der Waals surface area contributed by atoms with Crippen molar-refractivity contribution in [3.63, 3.8) is 0 Å². The largest absolute Gasteiger partial charge is 0.346 e. The van der Waals surface area contributed by atoms with Gasteiger partial charge in [0.15, 0.2) is 0 Å². The van der Waals surface area contributed by atoms with Crippen LogP contribution >= 0.6 is 0 Å². The van der Waals surface area contributed by atoms with Gasteiger partial charge in [0.1, 0.15) is 0 Å². The highest BCUT2D eigenvalue weighted by atomic mass is 16.2. The number of piperazine rings is 1. The molecular weight excluding hydrogens is 256 g/mol. The molecule has 1 fully saturated rings. The van der Waals surface area contributed by atoms with Crippen molar-refractivity contribution < 1.29 is 9.59 Å². The van der Waals surface area contributed by atoms with Crippen LogP contribution in [-0.4, -0.2) is 67.4 Å². The summed E-state index contributed by atoms with van der Waals surface area (Å²) in [5, 5.41) is 2.52. The molecule has 3 N–H and O–H groups in total. The maximum absolute atomic E-state index is 11.9. The number of carbonyl (C=O) groups excluding carboxylic acids is 2. The zero-order chi connectivity index (χ0) is 15.2. The van der Waals surface area contributed by atoms with Gasteiger partial charge in [-0.25, -0.2) is 0 Å². The normalized spacial score (nSPS) is 17.1. The van der Waals surface area contributed by atoms with E-state index in [4.69, 9.17) is 5.73 Å². The molecule has 1 heterocycles. The Morgan fingerprint density at radius 3 is 2.25 bits per heavy atom.